The number of hydrogen-bond acceptors (Lipinski definition) is 5. The molecular formula is C28H35N5O. The van der Waals surface area contributed by atoms with E-state index in [2.05, 4.69) is 57.4 Å². The van der Waals surface area contributed by atoms with E-state index in [0.717, 1.165) is 62.6 Å². The minimum absolute atomic E-state index is 0.00418. The van der Waals surface area contributed by atoms with E-state index in [1.54, 1.807) is 0 Å². The molecule has 1 amide bonds. The zero-order valence-corrected chi connectivity index (χ0v) is 20.1. The lowest BCUT2D eigenvalue weighted by Crippen LogP contribution is -2.44. The van der Waals surface area contributed by atoms with Crippen LogP contribution in [0.1, 0.15) is 31.7 Å². The van der Waals surface area contributed by atoms with E-state index in [1.165, 1.54) is 5.56 Å². The number of carbonyl (C=O) groups is 1. The summed E-state index contributed by atoms with van der Waals surface area (Å²) >= 11 is 0. The van der Waals surface area contributed by atoms with E-state index in [-0.39, 0.29) is 11.8 Å². The van der Waals surface area contributed by atoms with E-state index in [4.69, 9.17) is 4.98 Å². The maximum atomic E-state index is 12.9. The lowest BCUT2D eigenvalue weighted by Gasteiger charge is -2.33. The second kappa shape index (κ2) is 12.3. The summed E-state index contributed by atoms with van der Waals surface area (Å²) in [6.07, 6.45) is 4.68. The third-order valence-electron chi connectivity index (χ3n) is 6.44. The van der Waals surface area contributed by atoms with Crippen LogP contribution in [0.2, 0.25) is 0 Å². The Hall–Kier alpha value is -3.25. The highest BCUT2D eigenvalue weighted by Crippen LogP contribution is 2.24. The number of hydrogen-bond donors (Lipinski definition) is 1. The van der Waals surface area contributed by atoms with Gasteiger partial charge in [-0.15, -0.1) is 0 Å². The van der Waals surface area contributed by atoms with Crippen LogP contribution >= 0.6 is 0 Å². The molecule has 1 unspecified atom stereocenters. The van der Waals surface area contributed by atoms with Crippen molar-refractivity contribution in [3.05, 3.63) is 78.5 Å². The Labute approximate surface area is 203 Å². The van der Waals surface area contributed by atoms with Crippen molar-refractivity contribution in [3.8, 4) is 11.4 Å². The largest absolute Gasteiger partial charge is 0.356 e. The first kappa shape index (κ1) is 23.9. The van der Waals surface area contributed by atoms with E-state index in [9.17, 15) is 4.79 Å². The molecule has 6 heteroatoms. The topological polar surface area (TPSA) is 61.4 Å². The van der Waals surface area contributed by atoms with Gasteiger partial charge in [-0.05, 0) is 37.4 Å². The van der Waals surface area contributed by atoms with Crippen molar-refractivity contribution in [2.45, 2.75) is 32.7 Å². The fraction of sp³-hybridized carbons (Fsp3) is 0.393. The van der Waals surface area contributed by atoms with Crippen molar-refractivity contribution >= 4 is 11.7 Å². The van der Waals surface area contributed by atoms with Crippen molar-refractivity contribution in [1.82, 2.24) is 20.2 Å². The van der Waals surface area contributed by atoms with Crippen LogP contribution in [0.15, 0.2) is 72.9 Å². The van der Waals surface area contributed by atoms with Crippen LogP contribution in [-0.2, 0) is 11.3 Å². The predicted molar refractivity (Wildman–Crippen MR) is 137 cm³/mol. The molecule has 0 bridgehead atoms. The molecule has 1 N–H and O–H groups in total. The van der Waals surface area contributed by atoms with Crippen LogP contribution in [-0.4, -0.2) is 53.5 Å². The first-order chi connectivity index (χ1) is 16.7. The van der Waals surface area contributed by atoms with Crippen LogP contribution in [0.5, 0.6) is 0 Å². The molecule has 2 aromatic carbocycles. The Bertz CT molecular complexity index is 1030. The number of nitrogens with one attached hydrogen (secondary N) is 1. The average Bonchev–Trinajstić information content (AvgIpc) is 2.91. The summed E-state index contributed by atoms with van der Waals surface area (Å²) in [5, 5.41) is 3.18. The van der Waals surface area contributed by atoms with Crippen LogP contribution in [0.3, 0.4) is 0 Å². The van der Waals surface area contributed by atoms with Gasteiger partial charge in [0, 0.05) is 44.5 Å². The van der Waals surface area contributed by atoms with Crippen molar-refractivity contribution in [1.29, 1.82) is 0 Å². The van der Waals surface area contributed by atoms with Gasteiger partial charge < -0.3 is 10.2 Å². The summed E-state index contributed by atoms with van der Waals surface area (Å²) in [5.74, 6) is 1.77. The molecule has 0 aliphatic carbocycles. The Morgan fingerprint density at radius 1 is 1.09 bits per heavy atom. The van der Waals surface area contributed by atoms with Crippen molar-refractivity contribution in [3.63, 3.8) is 0 Å². The molecule has 0 spiro atoms. The molecule has 1 aliphatic rings. The Morgan fingerprint density at radius 3 is 2.62 bits per heavy atom. The quantitative estimate of drug-likeness (QED) is 0.458. The van der Waals surface area contributed by atoms with Gasteiger partial charge in [0.2, 0.25) is 5.91 Å². The third-order valence-corrected chi connectivity index (χ3v) is 6.44. The number of anilines is 1. The fourth-order valence-electron chi connectivity index (χ4n) is 4.50. The lowest BCUT2D eigenvalue weighted by molar-refractivity contribution is -0.125. The highest BCUT2D eigenvalue weighted by molar-refractivity contribution is 5.79. The second-order valence-electron chi connectivity index (χ2n) is 8.89. The summed E-state index contributed by atoms with van der Waals surface area (Å²) in [6.45, 7) is 7.45. The molecule has 0 radical (unpaired) electrons. The van der Waals surface area contributed by atoms with Gasteiger partial charge in [0.1, 0.15) is 5.82 Å². The molecule has 1 aromatic heterocycles. The predicted octanol–water partition coefficient (Wildman–Crippen LogP) is 4.39. The van der Waals surface area contributed by atoms with Gasteiger partial charge in [0.25, 0.3) is 0 Å². The number of aromatic nitrogens is 2. The maximum absolute atomic E-state index is 12.9. The Kier molecular flexibility index (Phi) is 8.63. The molecule has 3 aromatic rings. The average molecular weight is 458 g/mol. The van der Waals surface area contributed by atoms with Gasteiger partial charge in [0.05, 0.1) is 5.92 Å². The number of amides is 1. The number of piperidine rings is 1. The Morgan fingerprint density at radius 2 is 1.85 bits per heavy atom. The maximum Gasteiger partial charge on any atom is 0.224 e. The summed E-state index contributed by atoms with van der Waals surface area (Å²) in [7, 11) is 0. The van der Waals surface area contributed by atoms with Gasteiger partial charge in [-0.3, -0.25) is 9.69 Å². The molecule has 0 saturated carbocycles. The molecular weight excluding hydrogens is 422 g/mol. The molecule has 1 aliphatic heterocycles. The normalized spacial score (nSPS) is 15.9. The fourth-order valence-corrected chi connectivity index (χ4v) is 4.50. The van der Waals surface area contributed by atoms with Crippen LogP contribution in [0.25, 0.3) is 11.4 Å². The number of nitrogens with zero attached hydrogens (tertiary/aromatic N) is 4. The van der Waals surface area contributed by atoms with Crippen LogP contribution in [0, 0.1) is 5.92 Å². The number of rotatable bonds is 10. The minimum atomic E-state index is -0.00418. The summed E-state index contributed by atoms with van der Waals surface area (Å²) in [4.78, 5) is 26.7. The zero-order chi connectivity index (χ0) is 23.6. The van der Waals surface area contributed by atoms with Gasteiger partial charge in [0.15, 0.2) is 5.82 Å². The standard InChI is InChI=1S/C28H35N5O/c1-2-32(21-23-11-5-3-6-12-23)19-10-17-30-28(34)25-15-9-20-33(22-25)26-16-18-29-27(31-26)24-13-7-4-8-14-24/h3-8,11-14,16,18,25H,2,9-10,15,17,19-22H2,1H3,(H,30,34). The summed E-state index contributed by atoms with van der Waals surface area (Å²) < 4.78 is 0. The van der Waals surface area contributed by atoms with E-state index in [1.807, 2.05) is 42.6 Å². The third kappa shape index (κ3) is 6.64. The number of carbonyl (C=O) groups excluding carboxylic acids is 1. The monoisotopic (exact) mass is 457 g/mol. The summed E-state index contributed by atoms with van der Waals surface area (Å²) in [5.41, 5.74) is 2.33. The van der Waals surface area contributed by atoms with E-state index < -0.39 is 0 Å². The second-order valence-corrected chi connectivity index (χ2v) is 8.89. The minimum Gasteiger partial charge on any atom is -0.356 e. The smallest absolute Gasteiger partial charge is 0.224 e. The van der Waals surface area contributed by atoms with Gasteiger partial charge in [-0.1, -0.05) is 67.6 Å². The molecule has 4 rings (SSSR count). The summed E-state index contributed by atoms with van der Waals surface area (Å²) in [6, 6.07) is 22.5. The molecule has 34 heavy (non-hydrogen) atoms. The van der Waals surface area contributed by atoms with Crippen molar-refractivity contribution < 1.29 is 4.79 Å². The lowest BCUT2D eigenvalue weighted by atomic mass is 9.97. The highest BCUT2D eigenvalue weighted by atomic mass is 16.1. The van der Waals surface area contributed by atoms with Gasteiger partial charge in [-0.25, -0.2) is 9.97 Å². The molecule has 2 heterocycles. The Balaban J connectivity index is 1.25. The van der Waals surface area contributed by atoms with Crippen LogP contribution < -0.4 is 10.2 Å². The van der Waals surface area contributed by atoms with Crippen LogP contribution in [0.4, 0.5) is 5.82 Å². The highest BCUT2D eigenvalue weighted by Gasteiger charge is 2.26. The van der Waals surface area contributed by atoms with Crippen molar-refractivity contribution in [2.75, 3.05) is 37.6 Å². The zero-order valence-electron chi connectivity index (χ0n) is 20.1. The first-order valence-corrected chi connectivity index (χ1v) is 12.4. The molecule has 178 valence electrons. The molecule has 1 fully saturated rings. The first-order valence-electron chi connectivity index (χ1n) is 12.4. The van der Waals surface area contributed by atoms with E-state index in [0.29, 0.717) is 13.1 Å². The number of benzene rings is 2. The molecule has 1 saturated heterocycles. The molecule has 1 atom stereocenters. The SMILES string of the molecule is CCN(CCCNC(=O)C1CCCN(c2ccnc(-c3ccccc3)n2)C1)Cc1ccccc1. The molecule has 6 nitrogen and oxygen atoms in total. The van der Waals surface area contributed by atoms with Gasteiger partial charge in [-0.2, -0.15) is 0 Å². The van der Waals surface area contributed by atoms with Crippen molar-refractivity contribution in [2.24, 2.45) is 5.92 Å². The van der Waals surface area contributed by atoms with E-state index >= 15 is 0 Å². The van der Waals surface area contributed by atoms with Gasteiger partial charge >= 0.3 is 0 Å².